The van der Waals surface area contributed by atoms with Gasteiger partial charge in [0.25, 0.3) is 0 Å². The molecule has 0 aliphatic carbocycles. The highest BCUT2D eigenvalue weighted by molar-refractivity contribution is 9.10. The van der Waals surface area contributed by atoms with Crippen molar-refractivity contribution in [2.45, 2.75) is 13.5 Å². The van der Waals surface area contributed by atoms with Gasteiger partial charge in [0.2, 0.25) is 5.88 Å². The summed E-state index contributed by atoms with van der Waals surface area (Å²) in [6.45, 7) is 2.69. The van der Waals surface area contributed by atoms with E-state index in [0.717, 1.165) is 17.8 Å². The second-order valence-electron chi connectivity index (χ2n) is 4.10. The minimum absolute atomic E-state index is 0.312. The summed E-state index contributed by atoms with van der Waals surface area (Å²) in [6.07, 6.45) is 0. The minimum Gasteiger partial charge on any atom is -0.438 e. The number of nitrogens with one attached hydrogen (secondary N) is 1. The Labute approximate surface area is 119 Å². The fourth-order valence-corrected chi connectivity index (χ4v) is 2.10. The van der Waals surface area contributed by atoms with E-state index in [1.165, 1.54) is 12.1 Å². The Balaban J connectivity index is 2.21. The molecular weight excluding hydrogens is 311 g/mol. The van der Waals surface area contributed by atoms with E-state index < -0.39 is 0 Å². The normalized spacial score (nSPS) is 10.5. The molecule has 0 spiro atoms. The Morgan fingerprint density at radius 3 is 2.74 bits per heavy atom. The van der Waals surface area contributed by atoms with Crippen LogP contribution in [0.5, 0.6) is 11.6 Å². The smallest absolute Gasteiger partial charge is 0.219 e. The molecule has 0 amide bonds. The van der Waals surface area contributed by atoms with Crippen LogP contribution in [-0.2, 0) is 6.54 Å². The predicted octanol–water partition coefficient (Wildman–Crippen LogP) is 3.80. The highest BCUT2D eigenvalue weighted by atomic mass is 79.9. The molecule has 100 valence electrons. The Bertz CT molecular complexity index is 590. The van der Waals surface area contributed by atoms with Crippen LogP contribution in [0.15, 0.2) is 34.8 Å². The molecule has 0 atom stereocenters. The average molecular weight is 325 g/mol. The summed E-state index contributed by atoms with van der Waals surface area (Å²) in [4.78, 5) is 4.37. The molecule has 19 heavy (non-hydrogen) atoms. The lowest BCUT2D eigenvalue weighted by molar-refractivity contribution is 0.456. The number of benzene rings is 1. The summed E-state index contributed by atoms with van der Waals surface area (Å²) < 4.78 is 19.2. The molecule has 0 aliphatic heterocycles. The van der Waals surface area contributed by atoms with Gasteiger partial charge in [-0.2, -0.15) is 0 Å². The van der Waals surface area contributed by atoms with Crippen LogP contribution in [0.1, 0.15) is 11.3 Å². The van der Waals surface area contributed by atoms with Gasteiger partial charge in [0, 0.05) is 18.3 Å². The zero-order chi connectivity index (χ0) is 13.8. The van der Waals surface area contributed by atoms with Gasteiger partial charge in [0.1, 0.15) is 11.6 Å². The second kappa shape index (κ2) is 6.12. The molecule has 0 saturated heterocycles. The van der Waals surface area contributed by atoms with Crippen LogP contribution in [0.3, 0.4) is 0 Å². The molecule has 0 radical (unpaired) electrons. The monoisotopic (exact) mass is 324 g/mol. The van der Waals surface area contributed by atoms with Crippen molar-refractivity contribution in [3.05, 3.63) is 51.9 Å². The third-order valence-corrected chi connectivity index (χ3v) is 3.27. The summed E-state index contributed by atoms with van der Waals surface area (Å²) in [6, 6.07) is 8.04. The first-order valence-electron chi connectivity index (χ1n) is 5.84. The van der Waals surface area contributed by atoms with Crippen LogP contribution in [-0.4, -0.2) is 12.0 Å². The largest absolute Gasteiger partial charge is 0.438 e. The second-order valence-corrected chi connectivity index (χ2v) is 4.96. The number of aromatic nitrogens is 1. The van der Waals surface area contributed by atoms with Gasteiger partial charge in [-0.1, -0.05) is 6.07 Å². The SMILES string of the molecule is CNCc1ccc(Oc2ccc(F)cc2Br)nc1C. The lowest BCUT2D eigenvalue weighted by atomic mass is 10.2. The predicted molar refractivity (Wildman–Crippen MR) is 75.9 cm³/mol. The van der Waals surface area contributed by atoms with Crippen molar-refractivity contribution in [2.24, 2.45) is 0 Å². The fraction of sp³-hybridized carbons (Fsp3) is 0.214. The fourth-order valence-electron chi connectivity index (χ4n) is 1.67. The van der Waals surface area contributed by atoms with Crippen molar-refractivity contribution in [1.29, 1.82) is 0 Å². The lowest BCUT2D eigenvalue weighted by Gasteiger charge is -2.09. The topological polar surface area (TPSA) is 34.1 Å². The van der Waals surface area contributed by atoms with Gasteiger partial charge in [0.15, 0.2) is 0 Å². The first-order chi connectivity index (χ1) is 9.10. The Hall–Kier alpha value is -1.46. The molecule has 5 heteroatoms. The van der Waals surface area contributed by atoms with Gasteiger partial charge in [-0.3, -0.25) is 0 Å². The van der Waals surface area contributed by atoms with E-state index in [-0.39, 0.29) is 5.82 Å². The maximum atomic E-state index is 13.0. The van der Waals surface area contributed by atoms with Crippen LogP contribution < -0.4 is 10.1 Å². The average Bonchev–Trinajstić information content (AvgIpc) is 2.36. The molecule has 2 rings (SSSR count). The Morgan fingerprint density at radius 2 is 2.11 bits per heavy atom. The summed E-state index contributed by atoms with van der Waals surface area (Å²) in [5.41, 5.74) is 2.03. The molecular formula is C14H14BrFN2O. The van der Waals surface area contributed by atoms with E-state index in [2.05, 4.69) is 26.2 Å². The van der Waals surface area contributed by atoms with Crippen LogP contribution >= 0.6 is 15.9 Å². The summed E-state index contributed by atoms with van der Waals surface area (Å²) in [7, 11) is 1.89. The van der Waals surface area contributed by atoms with Gasteiger partial charge in [-0.25, -0.2) is 9.37 Å². The van der Waals surface area contributed by atoms with Crippen molar-refractivity contribution in [3.8, 4) is 11.6 Å². The molecule has 0 bridgehead atoms. The van der Waals surface area contributed by atoms with E-state index in [0.29, 0.717) is 16.1 Å². The molecule has 0 aliphatic rings. The molecule has 0 fully saturated rings. The molecule has 1 aromatic heterocycles. The van der Waals surface area contributed by atoms with Crippen molar-refractivity contribution >= 4 is 15.9 Å². The lowest BCUT2D eigenvalue weighted by Crippen LogP contribution is -2.07. The molecule has 2 aromatic rings. The van der Waals surface area contributed by atoms with E-state index >= 15 is 0 Å². The maximum Gasteiger partial charge on any atom is 0.219 e. The number of hydrogen-bond acceptors (Lipinski definition) is 3. The van der Waals surface area contributed by atoms with Gasteiger partial charge < -0.3 is 10.1 Å². The third kappa shape index (κ3) is 3.52. The van der Waals surface area contributed by atoms with Gasteiger partial charge in [-0.15, -0.1) is 0 Å². The third-order valence-electron chi connectivity index (χ3n) is 2.65. The van der Waals surface area contributed by atoms with Crippen LogP contribution in [0.25, 0.3) is 0 Å². The molecule has 1 N–H and O–H groups in total. The zero-order valence-electron chi connectivity index (χ0n) is 10.7. The van der Waals surface area contributed by atoms with Crippen LogP contribution in [0.4, 0.5) is 4.39 Å². The minimum atomic E-state index is -0.312. The number of aryl methyl sites for hydroxylation is 1. The Morgan fingerprint density at radius 1 is 1.32 bits per heavy atom. The van der Waals surface area contributed by atoms with Crippen LogP contribution in [0, 0.1) is 12.7 Å². The molecule has 3 nitrogen and oxygen atoms in total. The number of pyridine rings is 1. The summed E-state index contributed by atoms with van der Waals surface area (Å²) >= 11 is 3.26. The zero-order valence-corrected chi connectivity index (χ0v) is 12.3. The number of halogens is 2. The number of hydrogen-bond donors (Lipinski definition) is 1. The van der Waals surface area contributed by atoms with Crippen molar-refractivity contribution in [3.63, 3.8) is 0 Å². The standard InChI is InChI=1S/C14H14BrFN2O/c1-9-10(8-17-2)3-6-14(18-9)19-13-5-4-11(16)7-12(13)15/h3-7,17H,8H2,1-2H3. The van der Waals surface area contributed by atoms with Crippen LogP contribution in [0.2, 0.25) is 0 Å². The number of ether oxygens (including phenoxy) is 1. The highest BCUT2D eigenvalue weighted by Gasteiger charge is 2.07. The van der Waals surface area contributed by atoms with E-state index in [9.17, 15) is 4.39 Å². The number of rotatable bonds is 4. The summed E-state index contributed by atoms with van der Waals surface area (Å²) in [5.74, 6) is 0.715. The quantitative estimate of drug-likeness (QED) is 0.928. The molecule has 1 heterocycles. The first kappa shape index (κ1) is 14.0. The molecule has 0 saturated carbocycles. The van der Waals surface area contributed by atoms with Gasteiger partial charge in [0.05, 0.1) is 4.47 Å². The maximum absolute atomic E-state index is 13.0. The summed E-state index contributed by atoms with van der Waals surface area (Å²) in [5, 5.41) is 3.08. The van der Waals surface area contributed by atoms with Crippen molar-refractivity contribution in [1.82, 2.24) is 10.3 Å². The number of nitrogens with zero attached hydrogens (tertiary/aromatic N) is 1. The first-order valence-corrected chi connectivity index (χ1v) is 6.63. The van der Waals surface area contributed by atoms with Crippen molar-refractivity contribution in [2.75, 3.05) is 7.05 Å². The Kier molecular flexibility index (Phi) is 4.50. The van der Waals surface area contributed by atoms with E-state index in [1.54, 1.807) is 12.1 Å². The highest BCUT2D eigenvalue weighted by Crippen LogP contribution is 2.29. The van der Waals surface area contributed by atoms with E-state index in [4.69, 9.17) is 4.74 Å². The molecule has 0 unspecified atom stereocenters. The molecule has 1 aromatic carbocycles. The van der Waals surface area contributed by atoms with E-state index in [1.807, 2.05) is 20.0 Å². The van der Waals surface area contributed by atoms with Gasteiger partial charge in [-0.05, 0) is 53.7 Å². The van der Waals surface area contributed by atoms with Gasteiger partial charge >= 0.3 is 0 Å². The van der Waals surface area contributed by atoms with Crippen molar-refractivity contribution < 1.29 is 9.13 Å².